The van der Waals surface area contributed by atoms with Crippen LogP contribution >= 0.6 is 11.8 Å². The zero-order valence-electron chi connectivity index (χ0n) is 20.9. The second-order valence-corrected chi connectivity index (χ2v) is 12.1. The number of methoxy groups -OCH3 is 1. The van der Waals surface area contributed by atoms with E-state index < -0.39 is 10.0 Å². The van der Waals surface area contributed by atoms with Crippen LogP contribution in [0.4, 0.5) is 5.69 Å². The Hall–Kier alpha value is -3.01. The van der Waals surface area contributed by atoms with E-state index in [0.29, 0.717) is 57.2 Å². The van der Waals surface area contributed by atoms with E-state index in [1.165, 1.54) is 5.56 Å². The van der Waals surface area contributed by atoms with Crippen molar-refractivity contribution in [3.8, 4) is 5.75 Å². The molecular formula is C28H31N3O4S2. The summed E-state index contributed by atoms with van der Waals surface area (Å²) in [5.41, 5.74) is 3.00. The molecule has 5 rings (SSSR count). The topological polar surface area (TPSA) is 70.2 Å². The smallest absolute Gasteiger partial charge is 0.243 e. The second-order valence-electron chi connectivity index (χ2n) is 9.16. The fourth-order valence-electron chi connectivity index (χ4n) is 4.85. The highest BCUT2D eigenvalue weighted by molar-refractivity contribution is 8.00. The highest BCUT2D eigenvalue weighted by atomic mass is 32.2. The quantitative estimate of drug-likeness (QED) is 0.426. The Balaban J connectivity index is 1.27. The molecule has 0 atom stereocenters. The van der Waals surface area contributed by atoms with Crippen molar-refractivity contribution in [1.82, 2.24) is 9.21 Å². The lowest BCUT2D eigenvalue weighted by Gasteiger charge is -2.37. The number of carbonyl (C=O) groups excluding carboxylic acids is 1. The van der Waals surface area contributed by atoms with Gasteiger partial charge in [0.1, 0.15) is 5.75 Å². The van der Waals surface area contributed by atoms with Gasteiger partial charge in [0, 0.05) is 44.2 Å². The third-order valence-corrected chi connectivity index (χ3v) is 9.80. The minimum absolute atomic E-state index is 0.113. The van der Waals surface area contributed by atoms with Gasteiger partial charge in [0.15, 0.2) is 0 Å². The minimum Gasteiger partial charge on any atom is -0.495 e. The van der Waals surface area contributed by atoms with Crippen molar-refractivity contribution in [2.75, 3.05) is 50.5 Å². The molecule has 0 saturated carbocycles. The Kier molecular flexibility index (Phi) is 7.73. The van der Waals surface area contributed by atoms with E-state index in [2.05, 4.69) is 11.0 Å². The summed E-state index contributed by atoms with van der Waals surface area (Å²) in [5.74, 6) is 1.14. The zero-order valence-corrected chi connectivity index (χ0v) is 22.5. The first-order valence-corrected chi connectivity index (χ1v) is 14.8. The molecule has 1 saturated heterocycles. The van der Waals surface area contributed by atoms with Crippen molar-refractivity contribution >= 4 is 33.4 Å². The Morgan fingerprint density at radius 1 is 0.892 bits per heavy atom. The predicted molar refractivity (Wildman–Crippen MR) is 147 cm³/mol. The molecule has 0 aromatic heterocycles. The molecule has 194 valence electrons. The number of amides is 1. The van der Waals surface area contributed by atoms with Crippen molar-refractivity contribution in [1.29, 1.82) is 0 Å². The Morgan fingerprint density at radius 3 is 2.32 bits per heavy atom. The lowest BCUT2D eigenvalue weighted by Crippen LogP contribution is -2.49. The minimum atomic E-state index is -3.66. The highest BCUT2D eigenvalue weighted by Crippen LogP contribution is 2.34. The van der Waals surface area contributed by atoms with E-state index in [-0.39, 0.29) is 10.8 Å². The van der Waals surface area contributed by atoms with Crippen LogP contribution in [0, 0.1) is 0 Å². The summed E-state index contributed by atoms with van der Waals surface area (Å²) in [4.78, 5) is 18.1. The SMILES string of the molecule is COc1ccc(S(=O)(=O)N2CCc3ccccc3C2)cc1N1CCN(C(=O)CSc2ccccc2)CC1. The van der Waals surface area contributed by atoms with Gasteiger partial charge in [0.05, 0.1) is 23.4 Å². The average Bonchev–Trinajstić information content (AvgIpc) is 2.96. The number of thioether (sulfide) groups is 1. The summed E-state index contributed by atoms with van der Waals surface area (Å²) < 4.78 is 34.3. The molecule has 2 aliphatic rings. The zero-order chi connectivity index (χ0) is 25.8. The van der Waals surface area contributed by atoms with Gasteiger partial charge < -0.3 is 14.5 Å². The van der Waals surface area contributed by atoms with Gasteiger partial charge in [-0.05, 0) is 47.9 Å². The number of benzene rings is 3. The second kappa shape index (κ2) is 11.2. The van der Waals surface area contributed by atoms with Crippen molar-refractivity contribution in [2.24, 2.45) is 0 Å². The molecule has 7 nitrogen and oxygen atoms in total. The van der Waals surface area contributed by atoms with Crippen LogP contribution in [0.1, 0.15) is 11.1 Å². The number of piperazine rings is 1. The van der Waals surface area contributed by atoms with Gasteiger partial charge in [-0.2, -0.15) is 4.31 Å². The molecule has 1 amide bonds. The van der Waals surface area contributed by atoms with E-state index in [1.807, 2.05) is 53.4 Å². The summed E-state index contributed by atoms with van der Waals surface area (Å²) in [7, 11) is -2.07. The fourth-order valence-corrected chi connectivity index (χ4v) is 7.11. The lowest BCUT2D eigenvalue weighted by atomic mass is 10.0. The molecule has 9 heteroatoms. The van der Waals surface area contributed by atoms with Crippen LogP contribution in [0.3, 0.4) is 0 Å². The number of hydrogen-bond donors (Lipinski definition) is 0. The molecule has 0 unspecified atom stereocenters. The van der Waals surface area contributed by atoms with Gasteiger partial charge in [0.25, 0.3) is 0 Å². The van der Waals surface area contributed by atoms with Crippen molar-refractivity contribution in [3.63, 3.8) is 0 Å². The first-order valence-electron chi connectivity index (χ1n) is 12.4. The van der Waals surface area contributed by atoms with Gasteiger partial charge >= 0.3 is 0 Å². The van der Waals surface area contributed by atoms with Crippen molar-refractivity contribution < 1.29 is 17.9 Å². The molecular weight excluding hydrogens is 506 g/mol. The summed E-state index contributed by atoms with van der Waals surface area (Å²) >= 11 is 1.54. The highest BCUT2D eigenvalue weighted by Gasteiger charge is 2.30. The molecule has 0 N–H and O–H groups in total. The van der Waals surface area contributed by atoms with E-state index in [1.54, 1.807) is 41.4 Å². The van der Waals surface area contributed by atoms with Crippen LogP contribution in [0.25, 0.3) is 0 Å². The summed E-state index contributed by atoms with van der Waals surface area (Å²) in [6, 6.07) is 23.0. The van der Waals surface area contributed by atoms with Crippen molar-refractivity contribution in [3.05, 3.63) is 83.9 Å². The Labute approximate surface area is 223 Å². The van der Waals surface area contributed by atoms with Crippen LogP contribution in [-0.2, 0) is 27.8 Å². The third-order valence-electron chi connectivity index (χ3n) is 6.96. The standard InChI is InChI=1S/C28H31N3O4S2/c1-35-27-12-11-25(37(33,34)31-14-13-22-7-5-6-8-23(22)20-31)19-26(27)29-15-17-30(18-16-29)28(32)21-36-24-9-3-2-4-10-24/h2-12,19H,13-18,20-21H2,1H3. The predicted octanol–water partition coefficient (Wildman–Crippen LogP) is 3.88. The third kappa shape index (κ3) is 5.63. The molecule has 0 radical (unpaired) electrons. The van der Waals surface area contributed by atoms with Crippen LogP contribution in [-0.4, -0.2) is 69.1 Å². The number of fused-ring (bicyclic) bond motifs is 1. The number of ether oxygens (including phenoxy) is 1. The van der Waals surface area contributed by atoms with Gasteiger partial charge in [-0.25, -0.2) is 8.42 Å². The van der Waals surface area contributed by atoms with Gasteiger partial charge in [-0.3, -0.25) is 4.79 Å². The molecule has 3 aromatic carbocycles. The number of anilines is 1. The summed E-state index contributed by atoms with van der Waals surface area (Å²) in [6.07, 6.45) is 0.705. The van der Waals surface area contributed by atoms with Crippen LogP contribution in [0.2, 0.25) is 0 Å². The van der Waals surface area contributed by atoms with E-state index >= 15 is 0 Å². The molecule has 2 aliphatic heterocycles. The molecule has 0 aliphatic carbocycles. The average molecular weight is 538 g/mol. The number of sulfonamides is 1. The van der Waals surface area contributed by atoms with Crippen LogP contribution < -0.4 is 9.64 Å². The fraction of sp³-hybridized carbons (Fsp3) is 0.321. The number of rotatable bonds is 7. The van der Waals surface area contributed by atoms with Gasteiger partial charge in [-0.1, -0.05) is 42.5 Å². The molecule has 3 aromatic rings. The first kappa shape index (κ1) is 25.6. The largest absolute Gasteiger partial charge is 0.495 e. The van der Waals surface area contributed by atoms with Crippen molar-refractivity contribution in [2.45, 2.75) is 22.8 Å². The maximum Gasteiger partial charge on any atom is 0.243 e. The monoisotopic (exact) mass is 537 g/mol. The van der Waals surface area contributed by atoms with Crippen LogP contribution in [0.15, 0.2) is 82.6 Å². The van der Waals surface area contributed by atoms with E-state index in [0.717, 1.165) is 16.1 Å². The van der Waals surface area contributed by atoms with E-state index in [9.17, 15) is 13.2 Å². The first-order chi connectivity index (χ1) is 18.0. The molecule has 2 heterocycles. The molecule has 0 bridgehead atoms. The number of nitrogens with zero attached hydrogens (tertiary/aromatic N) is 3. The Bertz CT molecular complexity index is 1360. The van der Waals surface area contributed by atoms with Gasteiger partial charge in [0.2, 0.25) is 15.9 Å². The number of carbonyl (C=O) groups is 1. The number of hydrogen-bond acceptors (Lipinski definition) is 6. The summed E-state index contributed by atoms with van der Waals surface area (Å²) in [6.45, 7) is 3.22. The maximum atomic E-state index is 13.6. The molecule has 37 heavy (non-hydrogen) atoms. The summed E-state index contributed by atoms with van der Waals surface area (Å²) in [5, 5.41) is 0. The molecule has 0 spiro atoms. The van der Waals surface area contributed by atoms with Gasteiger partial charge in [-0.15, -0.1) is 11.8 Å². The maximum absolute atomic E-state index is 13.6. The lowest BCUT2D eigenvalue weighted by molar-refractivity contribution is -0.128. The Morgan fingerprint density at radius 2 is 1.59 bits per heavy atom. The van der Waals surface area contributed by atoms with E-state index in [4.69, 9.17) is 4.74 Å². The molecule has 1 fully saturated rings. The normalized spacial score (nSPS) is 16.4. The van der Waals surface area contributed by atoms with Crippen LogP contribution in [0.5, 0.6) is 5.75 Å².